The van der Waals surface area contributed by atoms with Crippen molar-refractivity contribution in [2.24, 2.45) is 0 Å². The number of halogens is 3. The zero-order valence-corrected chi connectivity index (χ0v) is 10.9. The van der Waals surface area contributed by atoms with Crippen LogP contribution in [0.5, 0.6) is 0 Å². The first kappa shape index (κ1) is 17.9. The summed E-state index contributed by atoms with van der Waals surface area (Å²) in [6.07, 6.45) is 0.112. The molecule has 3 nitrogen and oxygen atoms in total. The van der Waals surface area contributed by atoms with Gasteiger partial charge >= 0.3 is 5.97 Å². The van der Waals surface area contributed by atoms with Crippen LogP contribution in [0.25, 0.3) is 0 Å². The zero-order chi connectivity index (χ0) is 13.0. The summed E-state index contributed by atoms with van der Waals surface area (Å²) < 4.78 is -0.750. The smallest absolute Gasteiger partial charge is 0.307 e. The van der Waals surface area contributed by atoms with Crippen LogP contribution in [0.15, 0.2) is 30.3 Å². The fraction of sp³-hybridized carbons (Fsp3) is 0.300. The third kappa shape index (κ3) is 16.0. The van der Waals surface area contributed by atoms with Crippen LogP contribution in [0.1, 0.15) is 5.56 Å². The largest absolute Gasteiger partial charge is 0.481 e. The summed E-state index contributed by atoms with van der Waals surface area (Å²) >= 11 is 14.4. The number of rotatable bonds is 2. The molecular weight excluding hydrogens is 274 g/mol. The van der Waals surface area contributed by atoms with Gasteiger partial charge in [-0.3, -0.25) is 4.79 Å². The van der Waals surface area contributed by atoms with E-state index in [0.717, 1.165) is 12.7 Å². The topological polar surface area (TPSA) is 57.5 Å². The van der Waals surface area contributed by atoms with Crippen LogP contribution in [-0.4, -0.2) is 27.6 Å². The molecule has 92 valence electrons. The molecule has 0 radical (unpaired) electrons. The number of aliphatic carboxylic acids is 1. The van der Waals surface area contributed by atoms with E-state index in [1.165, 1.54) is 0 Å². The van der Waals surface area contributed by atoms with Crippen LogP contribution >= 0.6 is 34.8 Å². The van der Waals surface area contributed by atoms with E-state index in [-0.39, 0.29) is 6.42 Å². The minimum Gasteiger partial charge on any atom is -0.481 e. The molecular formula is C10H13Cl3O3. The Labute approximate surface area is 110 Å². The van der Waals surface area contributed by atoms with Crippen LogP contribution in [0.4, 0.5) is 0 Å². The van der Waals surface area contributed by atoms with Crippen molar-refractivity contribution < 1.29 is 15.0 Å². The first-order chi connectivity index (χ1) is 7.52. The van der Waals surface area contributed by atoms with E-state index in [1.54, 1.807) is 12.1 Å². The highest BCUT2D eigenvalue weighted by molar-refractivity contribution is 6.63. The minimum absolute atomic E-state index is 0.112. The van der Waals surface area contributed by atoms with Gasteiger partial charge in [0, 0.05) is 7.11 Å². The Bertz CT molecular complexity index is 263. The minimum atomic E-state index is -0.786. The van der Waals surface area contributed by atoms with Crippen LogP contribution in [0.2, 0.25) is 0 Å². The molecule has 0 aliphatic rings. The predicted molar refractivity (Wildman–Crippen MR) is 67.3 cm³/mol. The number of alkyl halides is 3. The van der Waals surface area contributed by atoms with Gasteiger partial charge in [-0.1, -0.05) is 65.1 Å². The SMILES string of the molecule is CO.ClC(Cl)Cl.O=C(O)Cc1ccccc1. The molecule has 16 heavy (non-hydrogen) atoms. The fourth-order valence-corrected chi connectivity index (χ4v) is 0.770. The number of carboxylic acid groups (broad SMARTS) is 1. The van der Waals surface area contributed by atoms with Crippen molar-refractivity contribution >= 4 is 40.8 Å². The van der Waals surface area contributed by atoms with Gasteiger partial charge in [-0.25, -0.2) is 0 Å². The number of benzene rings is 1. The van der Waals surface area contributed by atoms with Crippen molar-refractivity contribution in [3.63, 3.8) is 0 Å². The van der Waals surface area contributed by atoms with Gasteiger partial charge in [-0.15, -0.1) is 0 Å². The summed E-state index contributed by atoms with van der Waals surface area (Å²) in [6.45, 7) is 0. The molecule has 0 aromatic heterocycles. The Morgan fingerprint density at radius 2 is 1.56 bits per heavy atom. The Balaban J connectivity index is 0. The lowest BCUT2D eigenvalue weighted by molar-refractivity contribution is -0.136. The standard InChI is InChI=1S/C8H8O2.CHCl3.CH4O/c9-8(10)6-7-4-2-1-3-5-7;2-1(3)4;1-2/h1-5H,6H2,(H,9,10);1H;2H,1H3. The first-order valence-electron chi connectivity index (χ1n) is 4.15. The van der Waals surface area contributed by atoms with Crippen molar-refractivity contribution in [3.05, 3.63) is 35.9 Å². The highest BCUT2D eigenvalue weighted by Gasteiger charge is 1.96. The van der Waals surface area contributed by atoms with Crippen molar-refractivity contribution in [2.45, 2.75) is 10.7 Å². The summed E-state index contributed by atoms with van der Waals surface area (Å²) in [5, 5.41) is 15.4. The van der Waals surface area contributed by atoms with Gasteiger partial charge in [-0.2, -0.15) is 0 Å². The van der Waals surface area contributed by atoms with Gasteiger partial charge in [0.15, 0.2) is 4.30 Å². The molecule has 0 amide bonds. The van der Waals surface area contributed by atoms with E-state index < -0.39 is 10.3 Å². The third-order valence-corrected chi connectivity index (χ3v) is 1.20. The summed E-state index contributed by atoms with van der Waals surface area (Å²) in [5.41, 5.74) is 0.843. The average Bonchev–Trinajstić information content (AvgIpc) is 2.20. The molecule has 1 aromatic rings. The number of aliphatic hydroxyl groups excluding tert-OH is 1. The summed E-state index contributed by atoms with van der Waals surface area (Å²) in [7, 11) is 1.00. The predicted octanol–water partition coefficient (Wildman–Crippen LogP) is 2.91. The molecule has 1 aromatic carbocycles. The highest BCUT2D eigenvalue weighted by Crippen LogP contribution is 2.03. The first-order valence-corrected chi connectivity index (χ1v) is 5.46. The van der Waals surface area contributed by atoms with Crippen molar-refractivity contribution in [3.8, 4) is 0 Å². The van der Waals surface area contributed by atoms with Crippen LogP contribution in [0, 0.1) is 0 Å². The second-order valence-electron chi connectivity index (χ2n) is 2.30. The van der Waals surface area contributed by atoms with Crippen molar-refractivity contribution in [2.75, 3.05) is 7.11 Å². The Kier molecular flexibility index (Phi) is 14.1. The van der Waals surface area contributed by atoms with Crippen LogP contribution < -0.4 is 0 Å². The van der Waals surface area contributed by atoms with E-state index in [2.05, 4.69) is 0 Å². The van der Waals surface area contributed by atoms with Gasteiger partial charge in [0.25, 0.3) is 0 Å². The van der Waals surface area contributed by atoms with E-state index in [1.807, 2.05) is 18.2 Å². The monoisotopic (exact) mass is 286 g/mol. The summed E-state index contributed by atoms with van der Waals surface area (Å²) in [4.78, 5) is 10.2. The molecule has 0 saturated heterocycles. The number of carbonyl (C=O) groups is 1. The molecule has 0 spiro atoms. The number of hydrogen-bond donors (Lipinski definition) is 2. The Morgan fingerprint density at radius 3 is 1.88 bits per heavy atom. The highest BCUT2D eigenvalue weighted by atomic mass is 35.6. The second-order valence-corrected chi connectivity index (χ2v) is 4.28. The summed E-state index contributed by atoms with van der Waals surface area (Å²) in [6, 6.07) is 9.13. The van der Waals surface area contributed by atoms with E-state index in [4.69, 9.17) is 45.0 Å². The molecule has 0 atom stereocenters. The van der Waals surface area contributed by atoms with Crippen molar-refractivity contribution in [1.29, 1.82) is 0 Å². The number of aliphatic hydroxyl groups is 1. The van der Waals surface area contributed by atoms with Gasteiger partial charge < -0.3 is 10.2 Å². The molecule has 6 heteroatoms. The molecule has 0 saturated carbocycles. The van der Waals surface area contributed by atoms with E-state index >= 15 is 0 Å². The van der Waals surface area contributed by atoms with Crippen molar-refractivity contribution in [1.82, 2.24) is 0 Å². The molecule has 0 unspecified atom stereocenters. The Morgan fingerprint density at radius 1 is 1.19 bits per heavy atom. The fourth-order valence-electron chi connectivity index (χ4n) is 0.770. The number of hydrogen-bond acceptors (Lipinski definition) is 2. The van der Waals surface area contributed by atoms with Gasteiger partial charge in [-0.05, 0) is 5.56 Å². The maximum atomic E-state index is 10.2. The van der Waals surface area contributed by atoms with E-state index in [0.29, 0.717) is 0 Å². The maximum absolute atomic E-state index is 10.2. The molecule has 0 fully saturated rings. The van der Waals surface area contributed by atoms with E-state index in [9.17, 15) is 4.79 Å². The molecule has 0 heterocycles. The average molecular weight is 288 g/mol. The maximum Gasteiger partial charge on any atom is 0.307 e. The molecule has 2 N–H and O–H groups in total. The molecule has 0 aliphatic carbocycles. The molecule has 0 bridgehead atoms. The third-order valence-electron chi connectivity index (χ3n) is 1.20. The lowest BCUT2D eigenvalue weighted by Crippen LogP contribution is -1.98. The second kappa shape index (κ2) is 12.6. The molecule has 0 aliphatic heterocycles. The zero-order valence-electron chi connectivity index (χ0n) is 8.61. The van der Waals surface area contributed by atoms with Gasteiger partial charge in [0.05, 0.1) is 6.42 Å². The number of carboxylic acids is 1. The summed E-state index contributed by atoms with van der Waals surface area (Å²) in [5.74, 6) is -0.786. The van der Waals surface area contributed by atoms with Gasteiger partial charge in [0.1, 0.15) is 0 Å². The quantitative estimate of drug-likeness (QED) is 0.822. The van der Waals surface area contributed by atoms with Crippen LogP contribution in [-0.2, 0) is 11.2 Å². The van der Waals surface area contributed by atoms with Gasteiger partial charge in [0.2, 0.25) is 0 Å². The van der Waals surface area contributed by atoms with Crippen LogP contribution in [0.3, 0.4) is 0 Å². The Hall–Kier alpha value is -0.480. The lowest BCUT2D eigenvalue weighted by atomic mass is 10.2. The normalized spacial score (nSPS) is 8.38. The lowest BCUT2D eigenvalue weighted by Gasteiger charge is -1.92. The molecule has 1 rings (SSSR count).